The van der Waals surface area contributed by atoms with Crippen LogP contribution in [0.1, 0.15) is 17.3 Å². The lowest BCUT2D eigenvalue weighted by Crippen LogP contribution is -2.24. The highest BCUT2D eigenvalue weighted by Gasteiger charge is 2.08. The van der Waals surface area contributed by atoms with Gasteiger partial charge in [-0.2, -0.15) is 0 Å². The second-order valence-electron chi connectivity index (χ2n) is 5.54. The van der Waals surface area contributed by atoms with Crippen molar-refractivity contribution in [2.75, 3.05) is 6.54 Å². The highest BCUT2D eigenvalue weighted by Crippen LogP contribution is 2.16. The zero-order chi connectivity index (χ0) is 17.1. The van der Waals surface area contributed by atoms with Gasteiger partial charge in [0.2, 0.25) is 5.91 Å². The molecular formula is C18H18FN3O2. The van der Waals surface area contributed by atoms with Gasteiger partial charge in [0, 0.05) is 26.1 Å². The number of hydrogen-bond acceptors (Lipinski definition) is 3. The van der Waals surface area contributed by atoms with E-state index in [1.165, 1.54) is 18.2 Å². The lowest BCUT2D eigenvalue weighted by molar-refractivity contribution is -0.116. The summed E-state index contributed by atoms with van der Waals surface area (Å²) in [4.78, 5) is 16.3. The van der Waals surface area contributed by atoms with E-state index in [1.807, 2.05) is 24.6 Å². The van der Waals surface area contributed by atoms with Gasteiger partial charge in [0.1, 0.15) is 23.2 Å². The number of furan rings is 1. The van der Waals surface area contributed by atoms with E-state index in [2.05, 4.69) is 10.3 Å². The first-order valence-corrected chi connectivity index (χ1v) is 7.66. The van der Waals surface area contributed by atoms with Crippen molar-refractivity contribution >= 4 is 23.0 Å². The van der Waals surface area contributed by atoms with E-state index >= 15 is 0 Å². The number of benzene rings is 1. The van der Waals surface area contributed by atoms with Gasteiger partial charge in [0.25, 0.3) is 0 Å². The SMILES string of the molecule is Cc1ccc(/C=C/C(=O)NCCc2nc3ccc(F)cc3n2C)o1. The summed E-state index contributed by atoms with van der Waals surface area (Å²) in [6, 6.07) is 8.14. The average Bonchev–Trinajstić information content (AvgIpc) is 3.10. The van der Waals surface area contributed by atoms with E-state index in [9.17, 15) is 9.18 Å². The maximum atomic E-state index is 13.3. The molecule has 0 aliphatic heterocycles. The molecule has 0 fully saturated rings. The molecular weight excluding hydrogens is 309 g/mol. The third kappa shape index (κ3) is 3.53. The summed E-state index contributed by atoms with van der Waals surface area (Å²) in [5, 5.41) is 2.80. The number of halogens is 1. The minimum absolute atomic E-state index is 0.200. The average molecular weight is 327 g/mol. The maximum absolute atomic E-state index is 13.3. The fraction of sp³-hybridized carbons (Fsp3) is 0.222. The van der Waals surface area contributed by atoms with E-state index in [0.29, 0.717) is 18.7 Å². The summed E-state index contributed by atoms with van der Waals surface area (Å²) in [5.74, 6) is 1.74. The van der Waals surface area contributed by atoms with Gasteiger partial charge in [-0.05, 0) is 43.3 Å². The predicted octanol–water partition coefficient (Wildman–Crippen LogP) is 2.99. The number of fused-ring (bicyclic) bond motifs is 1. The molecule has 124 valence electrons. The third-order valence-electron chi connectivity index (χ3n) is 3.74. The topological polar surface area (TPSA) is 60.1 Å². The fourth-order valence-corrected chi connectivity index (χ4v) is 2.49. The summed E-state index contributed by atoms with van der Waals surface area (Å²) in [6.45, 7) is 2.29. The number of aryl methyl sites for hydroxylation is 2. The molecule has 0 aliphatic rings. The van der Waals surface area contributed by atoms with Gasteiger partial charge >= 0.3 is 0 Å². The minimum atomic E-state index is -0.288. The van der Waals surface area contributed by atoms with Crippen LogP contribution in [0.4, 0.5) is 4.39 Å². The van der Waals surface area contributed by atoms with E-state index in [1.54, 1.807) is 18.2 Å². The number of imidazole rings is 1. The molecule has 6 heteroatoms. The molecule has 24 heavy (non-hydrogen) atoms. The smallest absolute Gasteiger partial charge is 0.244 e. The van der Waals surface area contributed by atoms with Crippen LogP contribution in [-0.4, -0.2) is 22.0 Å². The number of amides is 1. The number of carbonyl (C=O) groups excluding carboxylic acids is 1. The molecule has 0 bridgehead atoms. The second kappa shape index (κ2) is 6.70. The van der Waals surface area contributed by atoms with E-state index in [4.69, 9.17) is 4.42 Å². The predicted molar refractivity (Wildman–Crippen MR) is 89.9 cm³/mol. The number of hydrogen-bond donors (Lipinski definition) is 1. The Balaban J connectivity index is 1.57. The molecule has 0 spiro atoms. The summed E-state index contributed by atoms with van der Waals surface area (Å²) >= 11 is 0. The highest BCUT2D eigenvalue weighted by atomic mass is 19.1. The Labute approximate surface area is 138 Å². The van der Waals surface area contributed by atoms with Crippen molar-refractivity contribution < 1.29 is 13.6 Å². The molecule has 0 saturated heterocycles. The van der Waals surface area contributed by atoms with Crippen LogP contribution in [0.5, 0.6) is 0 Å². The molecule has 0 unspecified atom stereocenters. The normalized spacial score (nSPS) is 11.5. The van der Waals surface area contributed by atoms with Gasteiger partial charge in [-0.25, -0.2) is 9.37 Å². The van der Waals surface area contributed by atoms with Gasteiger partial charge in [-0.15, -0.1) is 0 Å². The van der Waals surface area contributed by atoms with Gasteiger partial charge < -0.3 is 14.3 Å². The number of nitrogens with zero attached hydrogens (tertiary/aromatic N) is 2. The largest absolute Gasteiger partial charge is 0.462 e. The maximum Gasteiger partial charge on any atom is 0.244 e. The fourth-order valence-electron chi connectivity index (χ4n) is 2.49. The Morgan fingerprint density at radius 1 is 1.38 bits per heavy atom. The van der Waals surface area contributed by atoms with Crippen molar-refractivity contribution in [1.82, 2.24) is 14.9 Å². The quantitative estimate of drug-likeness (QED) is 0.733. The van der Waals surface area contributed by atoms with Gasteiger partial charge in [0.15, 0.2) is 0 Å². The molecule has 3 rings (SSSR count). The van der Waals surface area contributed by atoms with Crippen LogP contribution in [0.25, 0.3) is 17.1 Å². The Bertz CT molecular complexity index is 908. The van der Waals surface area contributed by atoms with E-state index < -0.39 is 0 Å². The Morgan fingerprint density at radius 3 is 2.96 bits per heavy atom. The third-order valence-corrected chi connectivity index (χ3v) is 3.74. The Hall–Kier alpha value is -2.89. The van der Waals surface area contributed by atoms with Crippen molar-refractivity contribution in [3.8, 4) is 0 Å². The van der Waals surface area contributed by atoms with Crippen molar-refractivity contribution in [2.45, 2.75) is 13.3 Å². The molecule has 2 heterocycles. The van der Waals surface area contributed by atoms with Gasteiger partial charge in [-0.1, -0.05) is 0 Å². The van der Waals surface area contributed by atoms with Crippen molar-refractivity contribution in [3.05, 3.63) is 59.6 Å². The Kier molecular flexibility index (Phi) is 4.46. The number of carbonyl (C=O) groups is 1. The molecule has 0 aliphatic carbocycles. The van der Waals surface area contributed by atoms with Crippen LogP contribution in [0, 0.1) is 12.7 Å². The number of rotatable bonds is 5. The summed E-state index contributed by atoms with van der Waals surface area (Å²) in [6.07, 6.45) is 3.62. The van der Waals surface area contributed by atoms with Crippen molar-refractivity contribution in [2.24, 2.45) is 7.05 Å². The monoisotopic (exact) mass is 327 g/mol. The van der Waals surface area contributed by atoms with Gasteiger partial charge in [-0.3, -0.25) is 4.79 Å². The standard InChI is InChI=1S/C18H18FN3O2/c1-12-3-5-14(24-12)6-8-18(23)20-10-9-17-21-15-7-4-13(19)11-16(15)22(17)2/h3-8,11H,9-10H2,1-2H3,(H,20,23)/b8-6+. The molecule has 0 radical (unpaired) electrons. The lowest BCUT2D eigenvalue weighted by Gasteiger charge is -2.03. The molecule has 5 nitrogen and oxygen atoms in total. The molecule has 0 saturated carbocycles. The second-order valence-corrected chi connectivity index (χ2v) is 5.54. The lowest BCUT2D eigenvalue weighted by atomic mass is 10.3. The van der Waals surface area contributed by atoms with Gasteiger partial charge in [0.05, 0.1) is 11.0 Å². The first-order valence-electron chi connectivity index (χ1n) is 7.66. The van der Waals surface area contributed by atoms with Crippen LogP contribution >= 0.6 is 0 Å². The Morgan fingerprint density at radius 2 is 2.21 bits per heavy atom. The zero-order valence-electron chi connectivity index (χ0n) is 13.5. The summed E-state index contributed by atoms with van der Waals surface area (Å²) in [5.41, 5.74) is 1.48. The summed E-state index contributed by atoms with van der Waals surface area (Å²) < 4.78 is 20.5. The molecule has 3 aromatic rings. The molecule has 0 atom stereocenters. The van der Waals surface area contributed by atoms with Crippen molar-refractivity contribution in [1.29, 1.82) is 0 Å². The minimum Gasteiger partial charge on any atom is -0.462 e. The number of aromatic nitrogens is 2. The van der Waals surface area contributed by atoms with Crippen LogP contribution in [0.15, 0.2) is 40.8 Å². The molecule has 1 N–H and O–H groups in total. The first-order chi connectivity index (χ1) is 11.5. The van der Waals surface area contributed by atoms with Crippen LogP contribution in [0.2, 0.25) is 0 Å². The highest BCUT2D eigenvalue weighted by molar-refractivity contribution is 5.91. The van der Waals surface area contributed by atoms with Crippen LogP contribution in [0.3, 0.4) is 0 Å². The molecule has 2 aromatic heterocycles. The molecule has 1 aromatic carbocycles. The summed E-state index contributed by atoms with van der Waals surface area (Å²) in [7, 11) is 1.84. The van der Waals surface area contributed by atoms with Crippen LogP contribution < -0.4 is 5.32 Å². The first kappa shape index (κ1) is 16.0. The van der Waals surface area contributed by atoms with Crippen molar-refractivity contribution in [3.63, 3.8) is 0 Å². The molecule has 1 amide bonds. The van der Waals surface area contributed by atoms with Crippen LogP contribution in [-0.2, 0) is 18.3 Å². The zero-order valence-corrected chi connectivity index (χ0v) is 13.5. The van der Waals surface area contributed by atoms with E-state index in [0.717, 1.165) is 22.6 Å². The van der Waals surface area contributed by atoms with E-state index in [-0.39, 0.29) is 11.7 Å². The number of nitrogens with one attached hydrogen (secondary N) is 1.